The van der Waals surface area contributed by atoms with E-state index in [1.165, 1.54) is 5.56 Å². The number of amides is 1. The summed E-state index contributed by atoms with van der Waals surface area (Å²) in [7, 11) is 1.59. The molecule has 5 rings (SSSR count). The minimum atomic E-state index is -0.560. The van der Waals surface area contributed by atoms with Crippen LogP contribution in [0.5, 0.6) is 0 Å². The maximum atomic E-state index is 13.0. The highest BCUT2D eigenvalue weighted by Gasteiger charge is 2.28. The Balaban J connectivity index is 1.16. The highest BCUT2D eigenvalue weighted by molar-refractivity contribution is 6.30. The van der Waals surface area contributed by atoms with Gasteiger partial charge in [0.1, 0.15) is 0 Å². The van der Waals surface area contributed by atoms with E-state index in [9.17, 15) is 4.79 Å². The molecule has 2 heterocycles. The quantitative estimate of drug-likeness (QED) is 0.350. The van der Waals surface area contributed by atoms with Crippen LogP contribution >= 0.6 is 11.6 Å². The van der Waals surface area contributed by atoms with Gasteiger partial charge in [-0.25, -0.2) is 0 Å². The van der Waals surface area contributed by atoms with Gasteiger partial charge in [-0.1, -0.05) is 77.4 Å². The second kappa shape index (κ2) is 11.0. The summed E-state index contributed by atoms with van der Waals surface area (Å²) in [4.78, 5) is 21.8. The van der Waals surface area contributed by atoms with E-state index in [-0.39, 0.29) is 5.91 Å². The van der Waals surface area contributed by atoms with Gasteiger partial charge < -0.3 is 14.2 Å². The summed E-state index contributed by atoms with van der Waals surface area (Å²) < 4.78 is 11.0. The molecular formula is C28H27ClN4O3. The largest absolute Gasteiger partial charge is 0.367 e. The molecule has 1 saturated heterocycles. The van der Waals surface area contributed by atoms with Crippen LogP contribution in [0.1, 0.15) is 17.2 Å². The molecular weight excluding hydrogens is 476 g/mol. The lowest BCUT2D eigenvalue weighted by Crippen LogP contribution is -2.49. The predicted octanol–water partition coefficient (Wildman–Crippen LogP) is 5.09. The molecule has 3 aromatic carbocycles. The van der Waals surface area contributed by atoms with Crippen molar-refractivity contribution >= 4 is 17.5 Å². The van der Waals surface area contributed by atoms with Crippen molar-refractivity contribution in [1.29, 1.82) is 0 Å². The van der Waals surface area contributed by atoms with Gasteiger partial charge in [-0.3, -0.25) is 9.69 Å². The maximum absolute atomic E-state index is 13.0. The first-order valence-electron chi connectivity index (χ1n) is 11.9. The van der Waals surface area contributed by atoms with Crippen LogP contribution in [0.4, 0.5) is 0 Å². The van der Waals surface area contributed by atoms with E-state index in [2.05, 4.69) is 27.2 Å². The second-order valence-electron chi connectivity index (χ2n) is 8.76. The minimum absolute atomic E-state index is 0.0185. The van der Waals surface area contributed by atoms with E-state index >= 15 is 0 Å². The third-order valence-electron chi connectivity index (χ3n) is 6.36. The Hall–Kier alpha value is -3.52. The van der Waals surface area contributed by atoms with Crippen LogP contribution in [-0.4, -0.2) is 59.1 Å². The number of hydrogen-bond acceptors (Lipinski definition) is 6. The number of ether oxygens (including phenoxy) is 1. The monoisotopic (exact) mass is 502 g/mol. The Labute approximate surface area is 215 Å². The van der Waals surface area contributed by atoms with Crippen LogP contribution in [-0.2, 0) is 16.1 Å². The topological polar surface area (TPSA) is 71.7 Å². The first-order chi connectivity index (χ1) is 17.6. The molecule has 1 aliphatic heterocycles. The summed E-state index contributed by atoms with van der Waals surface area (Å²) in [6.07, 6.45) is -0.560. The van der Waals surface area contributed by atoms with Crippen LogP contribution in [0.3, 0.4) is 0 Å². The number of carbonyl (C=O) groups is 1. The summed E-state index contributed by atoms with van der Waals surface area (Å²) in [5.41, 5.74) is 3.75. The number of rotatable bonds is 7. The fourth-order valence-corrected chi connectivity index (χ4v) is 4.59. The van der Waals surface area contributed by atoms with E-state index in [0.29, 0.717) is 29.8 Å². The molecule has 0 saturated carbocycles. The lowest BCUT2D eigenvalue weighted by atomic mass is 10.1. The molecule has 1 amide bonds. The fraction of sp³-hybridized carbons (Fsp3) is 0.250. The number of carbonyl (C=O) groups excluding carboxylic acids is 1. The van der Waals surface area contributed by atoms with E-state index < -0.39 is 6.10 Å². The molecule has 184 valence electrons. The van der Waals surface area contributed by atoms with Crippen LogP contribution in [0.15, 0.2) is 83.4 Å². The standard InChI is InChI=1S/C28H27ClN4O3/c1-35-25(21-6-3-2-4-7-21)28(34)33-16-14-32(15-17-33)19-20-10-12-22(13-11-20)26-30-27(36-31-26)23-8-5-9-24(29)18-23/h2-13,18,25H,14-17,19H2,1H3. The zero-order chi connectivity index (χ0) is 24.9. The SMILES string of the molecule is COC(C(=O)N1CCN(Cc2ccc(-c3noc(-c4cccc(Cl)c4)n3)cc2)CC1)c1ccccc1. The smallest absolute Gasteiger partial charge is 0.258 e. The number of halogens is 1. The number of methoxy groups -OCH3 is 1. The molecule has 0 aliphatic carbocycles. The molecule has 1 aromatic heterocycles. The van der Waals surface area contributed by atoms with Crippen molar-refractivity contribution in [2.45, 2.75) is 12.6 Å². The van der Waals surface area contributed by atoms with E-state index in [4.69, 9.17) is 20.9 Å². The van der Waals surface area contributed by atoms with Crippen molar-refractivity contribution in [3.8, 4) is 22.8 Å². The zero-order valence-corrected chi connectivity index (χ0v) is 20.8. The van der Waals surface area contributed by atoms with Crippen LogP contribution < -0.4 is 0 Å². The summed E-state index contributed by atoms with van der Waals surface area (Å²) in [5, 5.41) is 4.74. The van der Waals surface area contributed by atoms with Crippen LogP contribution in [0.25, 0.3) is 22.8 Å². The van der Waals surface area contributed by atoms with Gasteiger partial charge >= 0.3 is 0 Å². The van der Waals surface area contributed by atoms with Crippen LogP contribution in [0, 0.1) is 0 Å². The lowest BCUT2D eigenvalue weighted by molar-refractivity contribution is -0.144. The molecule has 36 heavy (non-hydrogen) atoms. The Bertz CT molecular complexity index is 1300. The number of piperazine rings is 1. The summed E-state index contributed by atoms with van der Waals surface area (Å²) in [6.45, 7) is 3.80. The molecule has 0 spiro atoms. The van der Waals surface area contributed by atoms with Gasteiger partial charge in [0.2, 0.25) is 5.82 Å². The molecule has 0 radical (unpaired) electrons. The highest BCUT2D eigenvalue weighted by Crippen LogP contribution is 2.25. The van der Waals surface area contributed by atoms with Crippen molar-refractivity contribution in [3.05, 3.63) is 95.0 Å². The molecule has 8 heteroatoms. The Morgan fingerprint density at radius 1 is 0.972 bits per heavy atom. The van der Waals surface area contributed by atoms with Crippen LogP contribution in [0.2, 0.25) is 5.02 Å². The average Bonchev–Trinajstić information content (AvgIpc) is 3.41. The van der Waals surface area contributed by atoms with Crippen molar-refractivity contribution in [1.82, 2.24) is 19.9 Å². The molecule has 1 unspecified atom stereocenters. The normalized spacial score (nSPS) is 15.1. The second-order valence-corrected chi connectivity index (χ2v) is 9.19. The number of aromatic nitrogens is 2. The summed E-state index contributed by atoms with van der Waals surface area (Å²) >= 11 is 6.07. The van der Waals surface area contributed by atoms with Gasteiger partial charge in [0.15, 0.2) is 6.10 Å². The Morgan fingerprint density at radius 2 is 1.72 bits per heavy atom. The average molecular weight is 503 g/mol. The molecule has 1 fully saturated rings. The first kappa shape index (κ1) is 24.2. The van der Waals surface area contributed by atoms with Gasteiger partial charge in [0.25, 0.3) is 11.8 Å². The van der Waals surface area contributed by atoms with E-state index in [1.807, 2.05) is 59.5 Å². The van der Waals surface area contributed by atoms with Gasteiger partial charge in [-0.05, 0) is 29.3 Å². The van der Waals surface area contributed by atoms with Gasteiger partial charge in [0, 0.05) is 56.0 Å². The molecule has 0 N–H and O–H groups in total. The molecule has 1 aliphatic rings. The predicted molar refractivity (Wildman–Crippen MR) is 138 cm³/mol. The minimum Gasteiger partial charge on any atom is -0.367 e. The molecule has 4 aromatic rings. The molecule has 0 bridgehead atoms. The molecule has 1 atom stereocenters. The third-order valence-corrected chi connectivity index (χ3v) is 6.60. The van der Waals surface area contributed by atoms with Gasteiger partial charge in [-0.15, -0.1) is 0 Å². The fourth-order valence-electron chi connectivity index (χ4n) is 4.40. The van der Waals surface area contributed by atoms with Crippen molar-refractivity contribution in [2.75, 3.05) is 33.3 Å². The Kier molecular flexibility index (Phi) is 7.41. The highest BCUT2D eigenvalue weighted by atomic mass is 35.5. The number of nitrogens with zero attached hydrogens (tertiary/aromatic N) is 4. The summed E-state index contributed by atoms with van der Waals surface area (Å²) in [6, 6.07) is 25.2. The number of hydrogen-bond donors (Lipinski definition) is 0. The zero-order valence-electron chi connectivity index (χ0n) is 20.0. The van der Waals surface area contributed by atoms with Crippen molar-refractivity contribution in [2.24, 2.45) is 0 Å². The van der Waals surface area contributed by atoms with Gasteiger partial charge in [0.05, 0.1) is 0 Å². The van der Waals surface area contributed by atoms with Gasteiger partial charge in [-0.2, -0.15) is 4.98 Å². The van der Waals surface area contributed by atoms with E-state index in [1.54, 1.807) is 19.2 Å². The maximum Gasteiger partial charge on any atom is 0.258 e. The van der Waals surface area contributed by atoms with E-state index in [0.717, 1.165) is 36.3 Å². The summed E-state index contributed by atoms with van der Waals surface area (Å²) in [5.74, 6) is 0.992. The third kappa shape index (κ3) is 5.49. The van der Waals surface area contributed by atoms with Crippen molar-refractivity contribution in [3.63, 3.8) is 0 Å². The van der Waals surface area contributed by atoms with Crippen molar-refractivity contribution < 1.29 is 14.1 Å². The Morgan fingerprint density at radius 3 is 2.42 bits per heavy atom. The lowest BCUT2D eigenvalue weighted by Gasteiger charge is -2.36. The number of benzene rings is 3. The molecule has 7 nitrogen and oxygen atoms in total. The first-order valence-corrected chi connectivity index (χ1v) is 12.3.